The number of imide groups is 1. The maximum Gasteiger partial charge on any atom is 0.325 e. The minimum absolute atomic E-state index is 0.0114. The Morgan fingerprint density at radius 3 is 2.26 bits per heavy atom. The van der Waals surface area contributed by atoms with Gasteiger partial charge in [-0.25, -0.2) is 4.79 Å². The Labute approximate surface area is 184 Å². The van der Waals surface area contributed by atoms with Crippen LogP contribution >= 0.6 is 0 Å². The molecule has 1 unspecified atom stereocenters. The summed E-state index contributed by atoms with van der Waals surface area (Å²) in [6, 6.07) is 15.0. The van der Waals surface area contributed by atoms with Gasteiger partial charge in [0.05, 0.1) is 0 Å². The quantitative estimate of drug-likeness (QED) is 0.748. The highest BCUT2D eigenvalue weighted by atomic mass is 16.2. The molecule has 0 spiro atoms. The molecule has 1 aliphatic heterocycles. The third-order valence-corrected chi connectivity index (χ3v) is 5.99. The van der Waals surface area contributed by atoms with Crippen molar-refractivity contribution in [3.63, 3.8) is 0 Å². The number of carbonyl (C=O) groups is 3. The number of aryl methyl sites for hydroxylation is 1. The van der Waals surface area contributed by atoms with Crippen LogP contribution in [-0.2, 0) is 27.1 Å². The molecule has 0 aromatic heterocycles. The number of benzene rings is 2. The Kier molecular flexibility index (Phi) is 5.94. The molecule has 1 atom stereocenters. The van der Waals surface area contributed by atoms with Crippen LogP contribution in [0.4, 0.5) is 4.79 Å². The summed E-state index contributed by atoms with van der Waals surface area (Å²) in [6.07, 6.45) is 0. The third-order valence-electron chi connectivity index (χ3n) is 5.99. The van der Waals surface area contributed by atoms with Gasteiger partial charge in [-0.05, 0) is 41.5 Å². The lowest BCUT2D eigenvalue weighted by atomic mass is 9.84. The molecule has 2 aromatic carbocycles. The fourth-order valence-electron chi connectivity index (χ4n) is 3.73. The van der Waals surface area contributed by atoms with E-state index in [1.165, 1.54) is 4.90 Å². The number of hydrogen-bond acceptors (Lipinski definition) is 3. The van der Waals surface area contributed by atoms with Crippen LogP contribution in [0, 0.1) is 6.92 Å². The summed E-state index contributed by atoms with van der Waals surface area (Å²) in [5, 5.41) is 2.77. The minimum Gasteiger partial charge on any atom is -0.340 e. The molecule has 3 rings (SSSR count). The number of urea groups is 1. The molecule has 2 aromatic rings. The maximum absolute atomic E-state index is 13.2. The van der Waals surface area contributed by atoms with Gasteiger partial charge in [-0.15, -0.1) is 0 Å². The average Bonchev–Trinajstić information content (AvgIpc) is 2.93. The SMILES string of the molecule is Cc1ccccc1CN(C)C(=O)CN1C(=O)NC(C)(c2ccc(C(C)(C)C)cc2)C1=O. The van der Waals surface area contributed by atoms with Crippen molar-refractivity contribution in [2.45, 2.75) is 52.1 Å². The lowest BCUT2D eigenvalue weighted by Crippen LogP contribution is -2.43. The Morgan fingerprint density at radius 2 is 1.68 bits per heavy atom. The molecule has 1 fully saturated rings. The zero-order chi connectivity index (χ0) is 23.0. The maximum atomic E-state index is 13.2. The van der Waals surface area contributed by atoms with Crippen molar-refractivity contribution in [3.8, 4) is 0 Å². The Morgan fingerprint density at radius 1 is 1.06 bits per heavy atom. The van der Waals surface area contributed by atoms with E-state index < -0.39 is 17.5 Å². The van der Waals surface area contributed by atoms with E-state index >= 15 is 0 Å². The van der Waals surface area contributed by atoms with Gasteiger partial charge >= 0.3 is 6.03 Å². The van der Waals surface area contributed by atoms with Crippen LogP contribution < -0.4 is 5.32 Å². The lowest BCUT2D eigenvalue weighted by molar-refractivity contribution is -0.138. The molecule has 0 aliphatic carbocycles. The van der Waals surface area contributed by atoms with Crippen LogP contribution in [0.2, 0.25) is 0 Å². The molecule has 1 heterocycles. The fraction of sp³-hybridized carbons (Fsp3) is 0.400. The van der Waals surface area contributed by atoms with Gasteiger partial charge in [0.2, 0.25) is 5.91 Å². The third kappa shape index (κ3) is 4.48. The first kappa shape index (κ1) is 22.5. The Hall–Kier alpha value is -3.15. The van der Waals surface area contributed by atoms with Crippen molar-refractivity contribution in [1.29, 1.82) is 0 Å². The molecule has 4 amide bonds. The summed E-state index contributed by atoms with van der Waals surface area (Å²) < 4.78 is 0. The average molecular weight is 422 g/mol. The zero-order valence-electron chi connectivity index (χ0n) is 19.2. The van der Waals surface area contributed by atoms with Crippen LogP contribution in [0.5, 0.6) is 0 Å². The summed E-state index contributed by atoms with van der Waals surface area (Å²) in [5.74, 6) is -0.710. The van der Waals surface area contributed by atoms with Crippen molar-refractivity contribution in [2.24, 2.45) is 0 Å². The van der Waals surface area contributed by atoms with E-state index in [1.807, 2.05) is 55.5 Å². The molecule has 1 saturated heterocycles. The van der Waals surface area contributed by atoms with E-state index in [1.54, 1.807) is 14.0 Å². The van der Waals surface area contributed by atoms with Gasteiger partial charge in [-0.3, -0.25) is 14.5 Å². The highest BCUT2D eigenvalue weighted by Gasteiger charge is 2.49. The number of nitrogens with one attached hydrogen (secondary N) is 1. The first-order valence-electron chi connectivity index (χ1n) is 10.5. The Bertz CT molecular complexity index is 1010. The molecule has 0 bridgehead atoms. The van der Waals surface area contributed by atoms with Crippen molar-refractivity contribution < 1.29 is 14.4 Å². The van der Waals surface area contributed by atoms with Crippen LogP contribution in [0.15, 0.2) is 48.5 Å². The Balaban J connectivity index is 1.73. The normalized spacial score (nSPS) is 18.8. The molecule has 6 heteroatoms. The van der Waals surface area contributed by atoms with Crippen molar-refractivity contribution >= 4 is 17.8 Å². The first-order valence-corrected chi connectivity index (χ1v) is 10.5. The molecule has 0 saturated carbocycles. The first-order chi connectivity index (χ1) is 14.4. The van der Waals surface area contributed by atoms with Crippen LogP contribution in [-0.4, -0.2) is 41.2 Å². The molecular weight excluding hydrogens is 390 g/mol. The van der Waals surface area contributed by atoms with Crippen LogP contribution in [0.3, 0.4) is 0 Å². The number of rotatable bonds is 5. The van der Waals surface area contributed by atoms with Crippen molar-refractivity contribution in [1.82, 2.24) is 15.1 Å². The van der Waals surface area contributed by atoms with Gasteiger partial charge in [-0.1, -0.05) is 69.3 Å². The van der Waals surface area contributed by atoms with Gasteiger partial charge in [0.1, 0.15) is 12.1 Å². The number of carbonyl (C=O) groups excluding carboxylic acids is 3. The zero-order valence-corrected chi connectivity index (χ0v) is 19.2. The highest BCUT2D eigenvalue weighted by molar-refractivity contribution is 6.09. The van der Waals surface area contributed by atoms with Gasteiger partial charge < -0.3 is 10.2 Å². The molecule has 1 N–H and O–H groups in total. The van der Waals surface area contributed by atoms with Gasteiger partial charge in [0, 0.05) is 13.6 Å². The van der Waals surface area contributed by atoms with Crippen molar-refractivity contribution in [3.05, 3.63) is 70.8 Å². The van der Waals surface area contributed by atoms with Gasteiger partial charge in [0.15, 0.2) is 0 Å². The number of hydrogen-bond donors (Lipinski definition) is 1. The summed E-state index contributed by atoms with van der Waals surface area (Å²) in [4.78, 5) is 41.1. The van der Waals surface area contributed by atoms with Gasteiger partial charge in [0.25, 0.3) is 5.91 Å². The second-order valence-electron chi connectivity index (χ2n) is 9.45. The predicted molar refractivity (Wildman–Crippen MR) is 120 cm³/mol. The second-order valence-corrected chi connectivity index (χ2v) is 9.45. The standard InChI is InChI=1S/C25H31N3O3/c1-17-9-7-8-10-18(17)15-27(6)21(29)16-28-22(30)25(5,26-23(28)31)20-13-11-19(12-14-20)24(2,3)4/h7-14H,15-16H2,1-6H3,(H,26,31). The minimum atomic E-state index is -1.19. The fourth-order valence-corrected chi connectivity index (χ4v) is 3.73. The van der Waals surface area contributed by atoms with Crippen molar-refractivity contribution in [2.75, 3.05) is 13.6 Å². The molecule has 1 aliphatic rings. The highest BCUT2D eigenvalue weighted by Crippen LogP contribution is 2.31. The van der Waals surface area contributed by atoms with E-state index in [2.05, 4.69) is 26.1 Å². The summed E-state index contributed by atoms with van der Waals surface area (Å²) in [6.45, 7) is 10.2. The van der Waals surface area contributed by atoms with Crippen LogP contribution in [0.1, 0.15) is 49.9 Å². The molecule has 6 nitrogen and oxygen atoms in total. The topological polar surface area (TPSA) is 69.7 Å². The number of amides is 4. The lowest BCUT2D eigenvalue weighted by Gasteiger charge is -2.25. The van der Waals surface area contributed by atoms with Gasteiger partial charge in [-0.2, -0.15) is 0 Å². The number of nitrogens with zero attached hydrogens (tertiary/aromatic N) is 2. The molecule has 164 valence electrons. The molecule has 31 heavy (non-hydrogen) atoms. The summed E-state index contributed by atoms with van der Waals surface area (Å²) in [7, 11) is 1.68. The second kappa shape index (κ2) is 8.17. The summed E-state index contributed by atoms with van der Waals surface area (Å²) in [5.41, 5.74) is 2.75. The van der Waals surface area contributed by atoms with E-state index in [0.717, 1.165) is 21.6 Å². The number of likely N-dealkylation sites (N-methyl/N-ethyl adjacent to an activating group) is 1. The molecular formula is C25H31N3O3. The van der Waals surface area contributed by atoms with E-state index in [4.69, 9.17) is 0 Å². The molecule has 0 radical (unpaired) electrons. The van der Waals surface area contributed by atoms with E-state index in [0.29, 0.717) is 12.1 Å². The summed E-state index contributed by atoms with van der Waals surface area (Å²) >= 11 is 0. The predicted octanol–water partition coefficient (Wildman–Crippen LogP) is 3.72. The van der Waals surface area contributed by atoms with Crippen LogP contribution in [0.25, 0.3) is 0 Å². The largest absolute Gasteiger partial charge is 0.340 e. The van der Waals surface area contributed by atoms with E-state index in [9.17, 15) is 14.4 Å². The smallest absolute Gasteiger partial charge is 0.325 e. The van der Waals surface area contributed by atoms with E-state index in [-0.39, 0.29) is 17.9 Å². The monoisotopic (exact) mass is 421 g/mol.